The minimum absolute atomic E-state index is 0.0588. The van der Waals surface area contributed by atoms with Crippen LogP contribution in [-0.4, -0.2) is 70.8 Å². The molecule has 64 heavy (non-hydrogen) atoms. The summed E-state index contributed by atoms with van der Waals surface area (Å²) < 4.78 is 16.8. The lowest BCUT2D eigenvalue weighted by atomic mass is 10.0. The molecule has 4 aromatic carbocycles. The molecule has 0 aliphatic rings. The normalized spacial score (nSPS) is 12.8. The van der Waals surface area contributed by atoms with Gasteiger partial charge in [-0.05, 0) is 101 Å². The van der Waals surface area contributed by atoms with E-state index in [2.05, 4.69) is 31.6 Å². The maximum absolute atomic E-state index is 14.5. The maximum Gasteiger partial charge on any atom is 0.408 e. The molecule has 340 valence electrons. The van der Waals surface area contributed by atoms with Crippen LogP contribution in [0.5, 0.6) is 5.75 Å². The lowest BCUT2D eigenvalue weighted by molar-refractivity contribution is -0.132. The number of unbranched alkanes of at least 4 members (excludes halogenated alkanes) is 1. The molecular weight excluding hydrogens is 813 g/mol. The van der Waals surface area contributed by atoms with E-state index in [0.29, 0.717) is 30.8 Å². The first kappa shape index (κ1) is 48.2. The van der Waals surface area contributed by atoms with Gasteiger partial charge in [0.05, 0.1) is 0 Å². The molecule has 14 nitrogen and oxygen atoms in total. The van der Waals surface area contributed by atoms with Gasteiger partial charge in [0.1, 0.15) is 41.7 Å². The quantitative estimate of drug-likeness (QED) is 0.0436. The van der Waals surface area contributed by atoms with Gasteiger partial charge in [0.2, 0.25) is 17.7 Å². The minimum atomic E-state index is -1.16. The predicted octanol–water partition coefficient (Wildman–Crippen LogP) is 7.41. The Hall–Kier alpha value is -6.83. The van der Waals surface area contributed by atoms with E-state index in [1.165, 1.54) is 0 Å². The maximum atomic E-state index is 14.5. The van der Waals surface area contributed by atoms with Gasteiger partial charge in [-0.1, -0.05) is 91.0 Å². The molecule has 0 saturated heterocycles. The Balaban J connectivity index is 1.36. The number of carbonyl (C=O) groups is 5. The third-order valence-corrected chi connectivity index (χ3v) is 9.88. The Morgan fingerprint density at radius 1 is 0.562 bits per heavy atom. The third-order valence-electron chi connectivity index (χ3n) is 9.88. The Kier molecular flexibility index (Phi) is 17.3. The summed E-state index contributed by atoms with van der Waals surface area (Å²) in [5, 5.41) is 15.1. The van der Waals surface area contributed by atoms with Gasteiger partial charge in [-0.25, -0.2) is 9.59 Å². The van der Waals surface area contributed by atoms with Crippen LogP contribution in [-0.2, 0) is 49.9 Å². The van der Waals surface area contributed by atoms with Crippen molar-refractivity contribution >= 4 is 40.8 Å². The fourth-order valence-electron chi connectivity index (χ4n) is 6.79. The average Bonchev–Trinajstić information content (AvgIpc) is 3.66. The third kappa shape index (κ3) is 16.5. The van der Waals surface area contributed by atoms with Crippen LogP contribution in [0.25, 0.3) is 10.9 Å². The Morgan fingerprint density at radius 2 is 1.14 bits per heavy atom. The van der Waals surface area contributed by atoms with E-state index in [4.69, 9.17) is 14.2 Å². The van der Waals surface area contributed by atoms with Gasteiger partial charge in [0, 0.05) is 43.0 Å². The number of aromatic nitrogens is 1. The van der Waals surface area contributed by atoms with Gasteiger partial charge in [-0.15, -0.1) is 0 Å². The summed E-state index contributed by atoms with van der Waals surface area (Å²) in [6.45, 7) is 11.3. The molecule has 0 unspecified atom stereocenters. The highest BCUT2D eigenvalue weighted by Gasteiger charge is 2.31. The van der Waals surface area contributed by atoms with E-state index in [1.54, 1.807) is 53.7 Å². The Labute approximate surface area is 375 Å². The molecule has 5 amide bonds. The van der Waals surface area contributed by atoms with Crippen molar-refractivity contribution in [2.45, 2.75) is 116 Å². The van der Waals surface area contributed by atoms with E-state index in [-0.39, 0.29) is 32.4 Å². The van der Waals surface area contributed by atoms with Gasteiger partial charge in [0.15, 0.2) is 0 Å². The number of hydrogen-bond acceptors (Lipinski definition) is 8. The van der Waals surface area contributed by atoms with Crippen LogP contribution in [0, 0.1) is 0 Å². The molecule has 0 fully saturated rings. The number of carbonyl (C=O) groups excluding carboxylic acids is 5. The molecule has 0 aliphatic heterocycles. The Bertz CT molecular complexity index is 2280. The molecular formula is C50H62N6O8. The zero-order valence-corrected chi connectivity index (χ0v) is 37.6. The molecule has 1 heterocycles. The zero-order valence-electron chi connectivity index (χ0n) is 37.6. The Morgan fingerprint density at radius 3 is 1.81 bits per heavy atom. The number of ether oxygens (including phenoxy) is 3. The first-order valence-corrected chi connectivity index (χ1v) is 21.7. The first-order chi connectivity index (χ1) is 30.5. The minimum Gasteiger partial charge on any atom is -0.489 e. The predicted molar refractivity (Wildman–Crippen MR) is 246 cm³/mol. The topological polar surface area (TPSA) is 189 Å². The number of benzene rings is 4. The van der Waals surface area contributed by atoms with Crippen molar-refractivity contribution in [3.63, 3.8) is 0 Å². The number of para-hydroxylation sites is 1. The monoisotopic (exact) mass is 874 g/mol. The molecule has 14 heteroatoms. The van der Waals surface area contributed by atoms with Gasteiger partial charge in [0.25, 0.3) is 0 Å². The van der Waals surface area contributed by atoms with Crippen molar-refractivity contribution in [2.75, 3.05) is 6.54 Å². The average molecular weight is 875 g/mol. The summed E-state index contributed by atoms with van der Waals surface area (Å²) in [7, 11) is 0. The van der Waals surface area contributed by atoms with E-state index in [0.717, 1.165) is 27.6 Å². The lowest BCUT2D eigenvalue weighted by Gasteiger charge is -2.27. The van der Waals surface area contributed by atoms with Crippen molar-refractivity contribution in [1.82, 2.24) is 31.6 Å². The highest BCUT2D eigenvalue weighted by Crippen LogP contribution is 2.20. The van der Waals surface area contributed by atoms with Crippen LogP contribution in [0.15, 0.2) is 115 Å². The molecule has 0 saturated carbocycles. The summed E-state index contributed by atoms with van der Waals surface area (Å²) in [6, 6.07) is 30.8. The number of aromatic amines is 1. The van der Waals surface area contributed by atoms with Crippen LogP contribution in [0.4, 0.5) is 9.59 Å². The van der Waals surface area contributed by atoms with Crippen molar-refractivity contribution in [3.05, 3.63) is 138 Å². The number of nitrogens with one attached hydrogen (secondary N) is 6. The molecule has 6 N–H and O–H groups in total. The second-order valence-electron chi connectivity index (χ2n) is 17.6. The van der Waals surface area contributed by atoms with Crippen molar-refractivity contribution in [2.24, 2.45) is 0 Å². The summed E-state index contributed by atoms with van der Waals surface area (Å²) in [6.07, 6.45) is 1.66. The lowest BCUT2D eigenvalue weighted by Crippen LogP contribution is -2.57. The highest BCUT2D eigenvalue weighted by molar-refractivity contribution is 5.94. The number of alkyl carbamates (subject to hydrolysis) is 2. The van der Waals surface area contributed by atoms with E-state index in [1.807, 2.05) is 103 Å². The van der Waals surface area contributed by atoms with Crippen LogP contribution >= 0.6 is 0 Å². The summed E-state index contributed by atoms with van der Waals surface area (Å²) in [5.74, 6) is -1.01. The zero-order chi connectivity index (χ0) is 46.1. The van der Waals surface area contributed by atoms with Crippen LogP contribution < -0.4 is 31.3 Å². The van der Waals surface area contributed by atoms with E-state index in [9.17, 15) is 24.0 Å². The highest BCUT2D eigenvalue weighted by atomic mass is 16.6. The molecule has 0 bridgehead atoms. The molecule has 5 rings (SSSR count). The smallest absolute Gasteiger partial charge is 0.408 e. The largest absolute Gasteiger partial charge is 0.489 e. The molecule has 1 aromatic heterocycles. The molecule has 5 aromatic rings. The SMILES string of the molecule is CC(C)(C)OC(=O)NCCCC[C@H](NC(=O)[C@H](Cc1ccc(OCc2ccccc2)cc1)NC(=O)OC(C)(C)C)C(=O)N[C@@H](Cc1c[nH]c2ccccc12)C(=O)NCc1ccccc1. The van der Waals surface area contributed by atoms with Gasteiger partial charge < -0.3 is 45.8 Å². The number of hydrogen-bond donors (Lipinski definition) is 6. The van der Waals surface area contributed by atoms with Crippen LogP contribution in [0.3, 0.4) is 0 Å². The number of H-pyrrole nitrogens is 1. The van der Waals surface area contributed by atoms with Crippen molar-refractivity contribution < 1.29 is 38.2 Å². The van der Waals surface area contributed by atoms with E-state index < -0.39 is 59.2 Å². The number of fused-ring (bicyclic) bond motifs is 1. The first-order valence-electron chi connectivity index (χ1n) is 21.7. The van der Waals surface area contributed by atoms with E-state index >= 15 is 0 Å². The van der Waals surface area contributed by atoms with Crippen molar-refractivity contribution in [1.29, 1.82) is 0 Å². The molecule has 0 radical (unpaired) electrons. The van der Waals surface area contributed by atoms with Gasteiger partial charge in [-0.3, -0.25) is 14.4 Å². The fraction of sp³-hybridized carbons (Fsp3) is 0.380. The standard InChI is InChI=1S/C50H62N6O8/c1-49(2,3)63-47(60)51-28-16-15-23-41(45(58)55-43(44(57)53-31-35-17-9-7-10-18-35)30-37-32-52-40-22-14-13-21-39(37)40)54-46(59)42(56-48(61)64-50(4,5)6)29-34-24-26-38(27-25-34)62-33-36-19-11-8-12-20-36/h7-14,17-22,24-27,32,41-43,52H,15-16,23,28-31,33H2,1-6H3,(H,51,60)(H,53,57)(H,54,59)(H,55,58)(H,56,61)/t41-,42-,43-/m0/s1. The summed E-state index contributed by atoms with van der Waals surface area (Å²) in [5.41, 5.74) is 2.80. The van der Waals surface area contributed by atoms with Crippen LogP contribution in [0.2, 0.25) is 0 Å². The molecule has 0 spiro atoms. The van der Waals surface area contributed by atoms with Crippen LogP contribution in [0.1, 0.15) is 83.1 Å². The number of rotatable bonds is 20. The van der Waals surface area contributed by atoms with Gasteiger partial charge in [-0.2, -0.15) is 0 Å². The summed E-state index contributed by atoms with van der Waals surface area (Å²) in [4.78, 5) is 71.5. The second kappa shape index (κ2) is 23.0. The fourth-order valence-corrected chi connectivity index (χ4v) is 6.79. The van der Waals surface area contributed by atoms with Gasteiger partial charge >= 0.3 is 12.2 Å². The summed E-state index contributed by atoms with van der Waals surface area (Å²) >= 11 is 0. The molecule has 0 aliphatic carbocycles. The second-order valence-corrected chi connectivity index (χ2v) is 17.6. The number of amides is 5. The molecule has 3 atom stereocenters. The van der Waals surface area contributed by atoms with Crippen molar-refractivity contribution in [3.8, 4) is 5.75 Å².